The van der Waals surface area contributed by atoms with Crippen molar-refractivity contribution in [3.05, 3.63) is 22.4 Å². The fraction of sp³-hybridized carbons (Fsp3) is 0.538. The first kappa shape index (κ1) is 16.4. The normalized spacial score (nSPS) is 24.0. The minimum atomic E-state index is -0.0186. The average Bonchev–Trinajstić information content (AvgIpc) is 3.25. The number of carbonyl (C=O) groups excluding carboxylic acids is 1. The molecule has 10 heteroatoms. The second-order valence-electron chi connectivity index (χ2n) is 5.45. The van der Waals surface area contributed by atoms with Gasteiger partial charge >= 0.3 is 0 Å². The van der Waals surface area contributed by atoms with Gasteiger partial charge in [0.05, 0.1) is 18.3 Å². The topological polar surface area (TPSA) is 96.8 Å². The molecule has 1 fully saturated rings. The molecule has 0 bridgehead atoms. The lowest BCUT2D eigenvalue weighted by atomic mass is 10.1. The lowest BCUT2D eigenvalue weighted by molar-refractivity contribution is -0.119. The van der Waals surface area contributed by atoms with Crippen LogP contribution in [0.3, 0.4) is 0 Å². The number of tetrazole rings is 1. The third-order valence-corrected chi connectivity index (χ3v) is 5.48. The molecule has 0 radical (unpaired) electrons. The lowest BCUT2D eigenvalue weighted by Crippen LogP contribution is -2.47. The van der Waals surface area contributed by atoms with Gasteiger partial charge in [0.2, 0.25) is 11.1 Å². The summed E-state index contributed by atoms with van der Waals surface area (Å²) in [6.07, 6.45) is 0. The molecule has 1 aliphatic heterocycles. The van der Waals surface area contributed by atoms with E-state index in [2.05, 4.69) is 31.7 Å². The highest BCUT2D eigenvalue weighted by atomic mass is 32.2. The van der Waals surface area contributed by atoms with E-state index in [0.29, 0.717) is 17.5 Å². The van der Waals surface area contributed by atoms with Gasteiger partial charge in [-0.2, -0.15) is 0 Å². The van der Waals surface area contributed by atoms with Gasteiger partial charge in [0.1, 0.15) is 0 Å². The zero-order chi connectivity index (χ0) is 16.2. The number of nitrogens with zero attached hydrogens (tertiary/aromatic N) is 4. The zero-order valence-corrected chi connectivity index (χ0v) is 14.5. The Balaban J connectivity index is 1.52. The zero-order valence-electron chi connectivity index (χ0n) is 12.9. The Hall–Kier alpha value is -1.49. The van der Waals surface area contributed by atoms with E-state index in [1.807, 2.05) is 31.4 Å². The number of nitrogens with one attached hydrogen (secondary N) is 3. The van der Waals surface area contributed by atoms with Gasteiger partial charge in [0.25, 0.3) is 0 Å². The Kier molecular flexibility index (Phi) is 5.26. The highest BCUT2D eigenvalue weighted by Crippen LogP contribution is 2.17. The van der Waals surface area contributed by atoms with Gasteiger partial charge in [-0.05, 0) is 35.7 Å². The van der Waals surface area contributed by atoms with Crippen LogP contribution in [0.2, 0.25) is 0 Å². The molecule has 23 heavy (non-hydrogen) atoms. The van der Waals surface area contributed by atoms with E-state index < -0.39 is 0 Å². The number of hydrazine groups is 1. The Morgan fingerprint density at radius 1 is 1.43 bits per heavy atom. The third-order valence-electron chi connectivity index (χ3n) is 3.66. The number of hydrogen-bond donors (Lipinski definition) is 3. The van der Waals surface area contributed by atoms with E-state index >= 15 is 0 Å². The number of carbonyl (C=O) groups is 1. The minimum absolute atomic E-state index is 0.0186. The number of hydrogen-bond acceptors (Lipinski definition) is 8. The molecule has 3 heterocycles. The van der Waals surface area contributed by atoms with Crippen molar-refractivity contribution in [2.75, 3.05) is 5.75 Å². The molecule has 2 unspecified atom stereocenters. The summed E-state index contributed by atoms with van der Waals surface area (Å²) < 4.78 is 1.72. The van der Waals surface area contributed by atoms with Gasteiger partial charge in [-0.3, -0.25) is 15.6 Å². The number of amides is 1. The first-order valence-electron chi connectivity index (χ1n) is 7.35. The molecule has 3 rings (SSSR count). The van der Waals surface area contributed by atoms with Crippen LogP contribution in [0.4, 0.5) is 0 Å². The molecule has 1 aliphatic rings. The maximum Gasteiger partial charge on any atom is 0.230 e. The maximum absolute atomic E-state index is 12.2. The molecule has 2 atom stereocenters. The van der Waals surface area contributed by atoms with Crippen LogP contribution in [0, 0.1) is 0 Å². The summed E-state index contributed by atoms with van der Waals surface area (Å²) in [4.78, 5) is 13.3. The van der Waals surface area contributed by atoms with E-state index in [1.165, 1.54) is 16.6 Å². The molecule has 0 spiro atoms. The summed E-state index contributed by atoms with van der Waals surface area (Å²) in [6.45, 7) is 4.70. The van der Waals surface area contributed by atoms with Crippen molar-refractivity contribution in [2.45, 2.75) is 43.7 Å². The van der Waals surface area contributed by atoms with Crippen LogP contribution in [0.25, 0.3) is 0 Å². The van der Waals surface area contributed by atoms with Crippen molar-refractivity contribution in [3.8, 4) is 0 Å². The van der Waals surface area contributed by atoms with Gasteiger partial charge < -0.3 is 5.32 Å². The molecule has 0 aliphatic carbocycles. The molecule has 1 saturated heterocycles. The molecular formula is C13H19N7OS2. The first-order valence-corrected chi connectivity index (χ1v) is 9.22. The second-order valence-corrected chi connectivity index (χ2v) is 7.42. The van der Waals surface area contributed by atoms with Crippen molar-refractivity contribution in [2.24, 2.45) is 0 Å². The molecule has 124 valence electrons. The fourth-order valence-electron chi connectivity index (χ4n) is 2.43. The highest BCUT2D eigenvalue weighted by molar-refractivity contribution is 7.99. The molecule has 2 aromatic heterocycles. The summed E-state index contributed by atoms with van der Waals surface area (Å²) in [6, 6.07) is 4.50. The molecule has 3 N–H and O–H groups in total. The van der Waals surface area contributed by atoms with Crippen molar-refractivity contribution in [3.63, 3.8) is 0 Å². The van der Waals surface area contributed by atoms with Crippen LogP contribution < -0.4 is 16.2 Å². The molecule has 0 aromatic carbocycles. The first-order chi connectivity index (χ1) is 11.1. The summed E-state index contributed by atoms with van der Waals surface area (Å²) in [5.74, 6) is 0.274. The van der Waals surface area contributed by atoms with Crippen LogP contribution in [0.15, 0.2) is 22.7 Å². The van der Waals surface area contributed by atoms with Crippen LogP contribution in [-0.4, -0.2) is 50.0 Å². The quantitative estimate of drug-likeness (QED) is 0.640. The molecule has 8 nitrogen and oxygen atoms in total. The largest absolute Gasteiger partial charge is 0.349 e. The fourth-order valence-corrected chi connectivity index (χ4v) is 3.81. The highest BCUT2D eigenvalue weighted by Gasteiger charge is 2.30. The molecule has 1 amide bonds. The Labute approximate surface area is 142 Å². The number of rotatable bonds is 6. The van der Waals surface area contributed by atoms with Gasteiger partial charge in [0.15, 0.2) is 0 Å². The summed E-state index contributed by atoms with van der Waals surface area (Å²) >= 11 is 3.01. The van der Waals surface area contributed by atoms with Crippen molar-refractivity contribution >= 4 is 29.0 Å². The van der Waals surface area contributed by atoms with E-state index in [-0.39, 0.29) is 24.0 Å². The molecule has 2 aromatic rings. The predicted octanol–water partition coefficient (Wildman–Crippen LogP) is 0.245. The summed E-state index contributed by atoms with van der Waals surface area (Å²) in [5.41, 5.74) is 6.24. The minimum Gasteiger partial charge on any atom is -0.349 e. The lowest BCUT2D eigenvalue weighted by Gasteiger charge is -2.19. The van der Waals surface area contributed by atoms with Crippen molar-refractivity contribution < 1.29 is 4.79 Å². The van der Waals surface area contributed by atoms with Crippen molar-refractivity contribution in [1.82, 2.24) is 36.4 Å². The number of thiophene rings is 1. The average molecular weight is 353 g/mol. The third kappa shape index (κ3) is 4.08. The summed E-state index contributed by atoms with van der Waals surface area (Å²) in [5, 5.41) is 17.4. The summed E-state index contributed by atoms with van der Waals surface area (Å²) in [7, 11) is 0. The van der Waals surface area contributed by atoms with Gasteiger partial charge in [-0.15, -0.1) is 16.4 Å². The van der Waals surface area contributed by atoms with Gasteiger partial charge in [-0.25, -0.2) is 4.68 Å². The van der Waals surface area contributed by atoms with Crippen LogP contribution in [-0.2, 0) is 11.3 Å². The smallest absolute Gasteiger partial charge is 0.230 e. The van der Waals surface area contributed by atoms with Gasteiger partial charge in [0, 0.05) is 17.0 Å². The monoisotopic (exact) mass is 353 g/mol. The van der Waals surface area contributed by atoms with E-state index in [9.17, 15) is 4.79 Å². The second kappa shape index (κ2) is 7.39. The van der Waals surface area contributed by atoms with E-state index in [1.54, 1.807) is 16.0 Å². The SMILES string of the molecule is CC1NNC(C)C1NC(=O)CSc1nnnn1Cc1cccs1. The Bertz CT molecular complexity index is 635. The van der Waals surface area contributed by atoms with Crippen LogP contribution >= 0.6 is 23.1 Å². The molecular weight excluding hydrogens is 334 g/mol. The maximum atomic E-state index is 12.2. The predicted molar refractivity (Wildman–Crippen MR) is 89.1 cm³/mol. The Morgan fingerprint density at radius 3 is 2.91 bits per heavy atom. The molecule has 0 saturated carbocycles. The van der Waals surface area contributed by atoms with E-state index in [4.69, 9.17) is 0 Å². The van der Waals surface area contributed by atoms with Crippen molar-refractivity contribution in [1.29, 1.82) is 0 Å². The van der Waals surface area contributed by atoms with E-state index in [0.717, 1.165) is 0 Å². The van der Waals surface area contributed by atoms with Crippen LogP contribution in [0.5, 0.6) is 0 Å². The number of aromatic nitrogens is 4. The van der Waals surface area contributed by atoms with Gasteiger partial charge in [-0.1, -0.05) is 17.8 Å². The standard InChI is InChI=1S/C13H19N7OS2/c1-8-12(9(2)16-15-8)14-11(21)7-23-13-17-18-19-20(13)6-10-4-3-5-22-10/h3-5,8-9,12,15-16H,6-7H2,1-2H3,(H,14,21). The Morgan fingerprint density at radius 2 is 2.22 bits per heavy atom. The van der Waals surface area contributed by atoms with Crippen LogP contribution in [0.1, 0.15) is 18.7 Å². The number of thioether (sulfide) groups is 1.